The lowest BCUT2D eigenvalue weighted by Crippen LogP contribution is -2.41. The number of aromatic nitrogens is 2. The number of rotatable bonds is 7. The third-order valence-electron chi connectivity index (χ3n) is 4.63. The van der Waals surface area contributed by atoms with Gasteiger partial charge in [0.15, 0.2) is 0 Å². The monoisotopic (exact) mass is 374 g/mol. The minimum atomic E-state index is 0.0592. The number of benzene rings is 1. The first-order valence-electron chi connectivity index (χ1n) is 9.10. The number of methoxy groups -OCH3 is 1. The summed E-state index contributed by atoms with van der Waals surface area (Å²) in [5.74, 6) is 1.65. The smallest absolute Gasteiger partial charge is 0.239 e. The van der Waals surface area contributed by atoms with Crippen molar-refractivity contribution in [1.29, 1.82) is 0 Å². The summed E-state index contributed by atoms with van der Waals surface area (Å²) >= 11 is 1.33. The maximum absolute atomic E-state index is 12.3. The van der Waals surface area contributed by atoms with E-state index in [0.717, 1.165) is 35.1 Å². The number of likely N-dealkylation sites (N-methyl/N-ethyl adjacent to an activating group) is 1. The minimum absolute atomic E-state index is 0.0592. The van der Waals surface area contributed by atoms with Gasteiger partial charge in [0.25, 0.3) is 0 Å². The van der Waals surface area contributed by atoms with E-state index in [1.165, 1.54) is 30.8 Å². The lowest BCUT2D eigenvalue weighted by molar-refractivity contribution is -0.120. The number of hydrogen-bond donors (Lipinski definition) is 1. The first kappa shape index (κ1) is 18.6. The van der Waals surface area contributed by atoms with Crippen molar-refractivity contribution in [2.45, 2.75) is 44.6 Å². The summed E-state index contributed by atoms with van der Waals surface area (Å²) in [6.45, 7) is 0.310. The van der Waals surface area contributed by atoms with Gasteiger partial charge in [-0.1, -0.05) is 31.4 Å². The number of anilines is 1. The molecule has 0 unspecified atom stereocenters. The number of hydrogen-bond acceptors (Lipinski definition) is 6. The van der Waals surface area contributed by atoms with Gasteiger partial charge in [-0.3, -0.25) is 4.79 Å². The third-order valence-corrected chi connectivity index (χ3v) is 5.50. The molecule has 1 saturated carbocycles. The molecule has 1 fully saturated rings. The van der Waals surface area contributed by atoms with Gasteiger partial charge in [0.1, 0.15) is 11.6 Å². The molecule has 3 rings (SSSR count). The van der Waals surface area contributed by atoms with E-state index in [4.69, 9.17) is 4.74 Å². The van der Waals surface area contributed by atoms with Gasteiger partial charge < -0.3 is 15.0 Å². The summed E-state index contributed by atoms with van der Waals surface area (Å²) < 4.78 is 9.68. The Balaban J connectivity index is 1.53. The second-order valence-electron chi connectivity index (χ2n) is 6.78. The van der Waals surface area contributed by atoms with Crippen LogP contribution in [0.15, 0.2) is 24.3 Å². The van der Waals surface area contributed by atoms with Crippen molar-refractivity contribution >= 4 is 22.6 Å². The Bertz CT molecular complexity index is 728. The van der Waals surface area contributed by atoms with Gasteiger partial charge in [-0.15, -0.1) is 0 Å². The maximum Gasteiger partial charge on any atom is 0.239 e. The summed E-state index contributed by atoms with van der Waals surface area (Å²) in [6.07, 6.45) is 6.55. The summed E-state index contributed by atoms with van der Waals surface area (Å²) in [5.41, 5.74) is 1.10. The number of carbonyl (C=O) groups is 1. The molecule has 1 aromatic heterocycles. The number of ether oxygens (including phenoxy) is 1. The van der Waals surface area contributed by atoms with E-state index >= 15 is 0 Å². The number of nitrogens with one attached hydrogen (secondary N) is 1. The highest BCUT2D eigenvalue weighted by Crippen LogP contribution is 2.20. The highest BCUT2D eigenvalue weighted by molar-refractivity contribution is 7.09. The maximum atomic E-state index is 12.3. The Hall–Kier alpha value is -2.15. The number of nitrogens with zero attached hydrogens (tertiary/aromatic N) is 3. The summed E-state index contributed by atoms with van der Waals surface area (Å²) in [5, 5.41) is 3.91. The van der Waals surface area contributed by atoms with Crippen LogP contribution in [0.4, 0.5) is 5.13 Å². The third kappa shape index (κ3) is 5.17. The Morgan fingerprint density at radius 3 is 2.92 bits per heavy atom. The summed E-state index contributed by atoms with van der Waals surface area (Å²) in [4.78, 5) is 18.7. The molecule has 1 heterocycles. The largest absolute Gasteiger partial charge is 0.497 e. The molecular formula is C19H26N4O2S. The first-order valence-corrected chi connectivity index (χ1v) is 9.87. The quantitative estimate of drug-likeness (QED) is 0.807. The van der Waals surface area contributed by atoms with Gasteiger partial charge >= 0.3 is 0 Å². The van der Waals surface area contributed by atoms with Crippen LogP contribution in [0.3, 0.4) is 0 Å². The van der Waals surface area contributed by atoms with E-state index in [0.29, 0.717) is 19.0 Å². The van der Waals surface area contributed by atoms with Gasteiger partial charge in [0.2, 0.25) is 11.0 Å². The lowest BCUT2D eigenvalue weighted by Gasteiger charge is -2.24. The predicted octanol–water partition coefficient (Wildman–Crippen LogP) is 3.02. The molecule has 1 aromatic carbocycles. The molecule has 26 heavy (non-hydrogen) atoms. The molecule has 0 spiro atoms. The number of carbonyl (C=O) groups excluding carboxylic acids is 1. The number of amides is 1. The van der Waals surface area contributed by atoms with Crippen LogP contribution < -0.4 is 15.0 Å². The zero-order valence-electron chi connectivity index (χ0n) is 15.4. The zero-order valence-corrected chi connectivity index (χ0v) is 16.2. The molecule has 1 amide bonds. The highest BCUT2D eigenvalue weighted by Gasteiger charge is 2.18. The van der Waals surface area contributed by atoms with Crippen molar-refractivity contribution in [1.82, 2.24) is 14.7 Å². The molecule has 1 aliphatic rings. The Kier molecular flexibility index (Phi) is 6.44. The SMILES string of the molecule is COc1cccc(Cc2nsc(N(C)CC(=O)NC3CCCCC3)n2)c1. The van der Waals surface area contributed by atoms with Crippen LogP contribution in [-0.2, 0) is 11.2 Å². The van der Waals surface area contributed by atoms with Crippen molar-refractivity contribution in [3.8, 4) is 5.75 Å². The normalized spacial score (nSPS) is 14.8. The average Bonchev–Trinajstić information content (AvgIpc) is 3.11. The fourth-order valence-electron chi connectivity index (χ4n) is 3.24. The first-order chi connectivity index (χ1) is 12.6. The van der Waals surface area contributed by atoms with Crippen molar-refractivity contribution in [2.24, 2.45) is 0 Å². The van der Waals surface area contributed by atoms with E-state index in [1.807, 2.05) is 36.2 Å². The van der Waals surface area contributed by atoms with Gasteiger partial charge in [-0.2, -0.15) is 4.37 Å². The van der Waals surface area contributed by atoms with E-state index in [-0.39, 0.29) is 5.91 Å². The van der Waals surface area contributed by atoms with E-state index in [9.17, 15) is 4.79 Å². The molecule has 7 heteroatoms. The molecule has 140 valence electrons. The van der Waals surface area contributed by atoms with Crippen LogP contribution in [0, 0.1) is 0 Å². The van der Waals surface area contributed by atoms with Gasteiger partial charge in [0, 0.05) is 31.0 Å². The van der Waals surface area contributed by atoms with Gasteiger partial charge in [-0.05, 0) is 30.5 Å². The van der Waals surface area contributed by atoms with Crippen LogP contribution >= 0.6 is 11.5 Å². The Labute approximate surface area is 158 Å². The summed E-state index contributed by atoms with van der Waals surface area (Å²) in [6, 6.07) is 8.24. The van der Waals surface area contributed by atoms with Crippen LogP contribution in [0.1, 0.15) is 43.5 Å². The Morgan fingerprint density at radius 1 is 1.35 bits per heavy atom. The molecule has 0 saturated heterocycles. The fourth-order valence-corrected chi connectivity index (χ4v) is 3.88. The lowest BCUT2D eigenvalue weighted by atomic mass is 9.95. The van der Waals surface area contributed by atoms with E-state index in [2.05, 4.69) is 14.7 Å². The molecule has 1 N–H and O–H groups in total. The second kappa shape index (κ2) is 8.98. The van der Waals surface area contributed by atoms with Crippen molar-refractivity contribution in [3.63, 3.8) is 0 Å². The van der Waals surface area contributed by atoms with E-state index in [1.54, 1.807) is 7.11 Å². The Morgan fingerprint density at radius 2 is 2.15 bits per heavy atom. The standard InChI is InChI=1S/C19H26N4O2S/c1-23(13-18(24)20-15-8-4-3-5-9-15)19-21-17(22-26-19)12-14-7-6-10-16(11-14)25-2/h6-7,10-11,15H,3-5,8-9,12-13H2,1-2H3,(H,20,24). The van der Waals surface area contributed by atoms with Crippen LogP contribution in [0.25, 0.3) is 0 Å². The van der Waals surface area contributed by atoms with E-state index < -0.39 is 0 Å². The summed E-state index contributed by atoms with van der Waals surface area (Å²) in [7, 11) is 3.54. The highest BCUT2D eigenvalue weighted by atomic mass is 32.1. The molecule has 2 aromatic rings. The van der Waals surface area contributed by atoms with Gasteiger partial charge in [0.05, 0.1) is 13.7 Å². The van der Waals surface area contributed by atoms with Crippen LogP contribution in [-0.4, -0.2) is 42.0 Å². The second-order valence-corrected chi connectivity index (χ2v) is 7.51. The molecule has 6 nitrogen and oxygen atoms in total. The zero-order chi connectivity index (χ0) is 18.4. The topological polar surface area (TPSA) is 67.3 Å². The van der Waals surface area contributed by atoms with Crippen molar-refractivity contribution in [2.75, 3.05) is 25.6 Å². The molecular weight excluding hydrogens is 348 g/mol. The van der Waals surface area contributed by atoms with Gasteiger partial charge in [-0.25, -0.2) is 4.98 Å². The van der Waals surface area contributed by atoms with Crippen LogP contribution in [0.5, 0.6) is 5.75 Å². The molecule has 0 atom stereocenters. The minimum Gasteiger partial charge on any atom is -0.497 e. The average molecular weight is 375 g/mol. The predicted molar refractivity (Wildman–Crippen MR) is 104 cm³/mol. The van der Waals surface area contributed by atoms with Crippen molar-refractivity contribution in [3.05, 3.63) is 35.7 Å². The fraction of sp³-hybridized carbons (Fsp3) is 0.526. The van der Waals surface area contributed by atoms with Crippen LogP contribution in [0.2, 0.25) is 0 Å². The molecule has 1 aliphatic carbocycles. The molecule has 0 bridgehead atoms. The molecule has 0 aliphatic heterocycles. The molecule has 0 radical (unpaired) electrons. The van der Waals surface area contributed by atoms with Crippen molar-refractivity contribution < 1.29 is 9.53 Å².